The zero-order valence-electron chi connectivity index (χ0n) is 9.71. The number of nitrogens with zero attached hydrogens (tertiary/aromatic N) is 3. The molecule has 1 aromatic carbocycles. The number of aryl methyl sites for hydroxylation is 1. The van der Waals surface area contributed by atoms with E-state index in [1.807, 2.05) is 13.0 Å². The van der Waals surface area contributed by atoms with Crippen LogP contribution in [0.2, 0.25) is 0 Å². The van der Waals surface area contributed by atoms with E-state index in [9.17, 15) is 4.79 Å². The summed E-state index contributed by atoms with van der Waals surface area (Å²) in [5.74, 6) is -0.275. The van der Waals surface area contributed by atoms with Gasteiger partial charge in [0.05, 0.1) is 29.6 Å². The summed E-state index contributed by atoms with van der Waals surface area (Å²) < 4.78 is 0. The molecule has 0 saturated heterocycles. The minimum absolute atomic E-state index is 0.275. The Bertz CT molecular complexity index is 617. The Morgan fingerprint density at radius 2 is 2.17 bits per heavy atom. The van der Waals surface area contributed by atoms with Gasteiger partial charge >= 0.3 is 0 Å². The number of rotatable bonds is 2. The van der Waals surface area contributed by atoms with E-state index in [1.165, 1.54) is 12.4 Å². The predicted molar refractivity (Wildman–Crippen MR) is 65.9 cm³/mol. The van der Waals surface area contributed by atoms with Crippen molar-refractivity contribution in [3.05, 3.63) is 53.3 Å². The summed E-state index contributed by atoms with van der Waals surface area (Å²) in [5.41, 5.74) is 2.44. The van der Waals surface area contributed by atoms with Crippen LogP contribution in [0.5, 0.6) is 0 Å². The molecular weight excluding hydrogens is 228 g/mol. The van der Waals surface area contributed by atoms with Crippen LogP contribution in [-0.4, -0.2) is 16.1 Å². The second kappa shape index (κ2) is 5.06. The first-order valence-corrected chi connectivity index (χ1v) is 5.29. The fourth-order valence-corrected chi connectivity index (χ4v) is 1.45. The number of hydrogen-bond donors (Lipinski definition) is 1. The summed E-state index contributed by atoms with van der Waals surface area (Å²) in [4.78, 5) is 11.9. The summed E-state index contributed by atoms with van der Waals surface area (Å²) in [6.07, 6.45) is 2.84. The maximum atomic E-state index is 11.9. The fraction of sp³-hybridized carbons (Fsp3) is 0.0769. The van der Waals surface area contributed by atoms with Gasteiger partial charge in [-0.3, -0.25) is 4.79 Å². The Balaban J connectivity index is 2.25. The second-order valence-electron chi connectivity index (χ2n) is 3.73. The highest BCUT2D eigenvalue weighted by Crippen LogP contribution is 2.17. The molecule has 1 amide bonds. The van der Waals surface area contributed by atoms with E-state index < -0.39 is 0 Å². The lowest BCUT2D eigenvalue weighted by atomic mass is 10.1. The fourth-order valence-electron chi connectivity index (χ4n) is 1.45. The number of carbonyl (C=O) groups excluding carboxylic acids is 1. The average molecular weight is 238 g/mol. The van der Waals surface area contributed by atoms with Crippen LogP contribution in [0.25, 0.3) is 0 Å². The van der Waals surface area contributed by atoms with E-state index in [4.69, 9.17) is 5.26 Å². The Kier molecular flexibility index (Phi) is 3.30. The summed E-state index contributed by atoms with van der Waals surface area (Å²) in [5, 5.41) is 18.8. The van der Waals surface area contributed by atoms with Gasteiger partial charge in [0.2, 0.25) is 0 Å². The van der Waals surface area contributed by atoms with Gasteiger partial charge in [0, 0.05) is 5.69 Å². The van der Waals surface area contributed by atoms with Crippen LogP contribution in [0.3, 0.4) is 0 Å². The van der Waals surface area contributed by atoms with Crippen LogP contribution in [-0.2, 0) is 0 Å². The number of anilines is 1. The lowest BCUT2D eigenvalue weighted by molar-refractivity contribution is 0.102. The molecule has 0 saturated carbocycles. The van der Waals surface area contributed by atoms with Gasteiger partial charge in [0.1, 0.15) is 0 Å². The number of nitriles is 1. The number of nitrogens with one attached hydrogen (secondary N) is 1. The molecule has 0 aliphatic heterocycles. The molecule has 0 aliphatic carbocycles. The molecule has 0 radical (unpaired) electrons. The van der Waals surface area contributed by atoms with Crippen molar-refractivity contribution in [2.24, 2.45) is 0 Å². The molecule has 0 bridgehead atoms. The van der Waals surface area contributed by atoms with E-state index in [1.54, 1.807) is 24.3 Å². The summed E-state index contributed by atoms with van der Waals surface area (Å²) >= 11 is 0. The van der Waals surface area contributed by atoms with E-state index in [-0.39, 0.29) is 5.91 Å². The number of benzene rings is 1. The van der Waals surface area contributed by atoms with Gasteiger partial charge in [0.25, 0.3) is 5.91 Å². The van der Waals surface area contributed by atoms with Gasteiger partial charge in [-0.15, -0.1) is 0 Å². The topological polar surface area (TPSA) is 78.7 Å². The quantitative estimate of drug-likeness (QED) is 0.866. The maximum absolute atomic E-state index is 11.9. The smallest absolute Gasteiger partial charge is 0.257 e. The highest BCUT2D eigenvalue weighted by Gasteiger charge is 2.08. The molecule has 18 heavy (non-hydrogen) atoms. The molecular formula is C13H10N4O. The summed E-state index contributed by atoms with van der Waals surface area (Å²) in [6, 6.07) is 8.75. The lowest BCUT2D eigenvalue weighted by Gasteiger charge is -2.08. The highest BCUT2D eigenvalue weighted by molar-refractivity contribution is 6.04. The van der Waals surface area contributed by atoms with Crippen molar-refractivity contribution in [1.29, 1.82) is 5.26 Å². The maximum Gasteiger partial charge on any atom is 0.257 e. The number of carbonyl (C=O) groups is 1. The van der Waals surface area contributed by atoms with Gasteiger partial charge in [0.15, 0.2) is 0 Å². The van der Waals surface area contributed by atoms with Gasteiger partial charge in [-0.2, -0.15) is 15.5 Å². The highest BCUT2D eigenvalue weighted by atomic mass is 16.1. The Labute approximate surface area is 104 Å². The van der Waals surface area contributed by atoms with Crippen LogP contribution < -0.4 is 5.32 Å². The van der Waals surface area contributed by atoms with E-state index >= 15 is 0 Å². The molecule has 0 fully saturated rings. The zero-order chi connectivity index (χ0) is 13.0. The van der Waals surface area contributed by atoms with Crippen molar-refractivity contribution >= 4 is 11.6 Å². The monoisotopic (exact) mass is 238 g/mol. The third kappa shape index (κ3) is 2.50. The van der Waals surface area contributed by atoms with Crippen LogP contribution in [0.4, 0.5) is 5.69 Å². The van der Waals surface area contributed by atoms with Gasteiger partial charge in [-0.05, 0) is 30.7 Å². The van der Waals surface area contributed by atoms with E-state index in [0.29, 0.717) is 16.8 Å². The predicted octanol–water partition coefficient (Wildman–Crippen LogP) is 1.91. The SMILES string of the molecule is Cc1ccc(C#N)cc1NC(=O)c1ccnnc1. The molecule has 0 atom stereocenters. The van der Waals surface area contributed by atoms with Crippen molar-refractivity contribution < 1.29 is 4.79 Å². The largest absolute Gasteiger partial charge is 0.322 e. The van der Waals surface area contributed by atoms with Crippen LogP contribution in [0, 0.1) is 18.3 Å². The molecule has 0 aliphatic rings. The third-order valence-electron chi connectivity index (χ3n) is 2.46. The molecule has 2 aromatic rings. The standard InChI is InChI=1S/C13H10N4O/c1-9-2-3-10(7-14)6-12(9)17-13(18)11-4-5-15-16-8-11/h2-6,8H,1H3,(H,17,18). The van der Waals surface area contributed by atoms with E-state index in [0.717, 1.165) is 5.56 Å². The molecule has 2 rings (SSSR count). The lowest BCUT2D eigenvalue weighted by Crippen LogP contribution is -2.13. The van der Waals surface area contributed by atoms with Crippen LogP contribution >= 0.6 is 0 Å². The van der Waals surface area contributed by atoms with Crippen molar-refractivity contribution in [1.82, 2.24) is 10.2 Å². The average Bonchev–Trinajstić information content (AvgIpc) is 2.42. The van der Waals surface area contributed by atoms with Crippen molar-refractivity contribution in [2.45, 2.75) is 6.92 Å². The molecule has 0 unspecified atom stereocenters. The number of amides is 1. The molecule has 5 nitrogen and oxygen atoms in total. The van der Waals surface area contributed by atoms with E-state index in [2.05, 4.69) is 15.5 Å². The van der Waals surface area contributed by atoms with Gasteiger partial charge in [-0.1, -0.05) is 6.07 Å². The first-order valence-electron chi connectivity index (χ1n) is 5.29. The van der Waals surface area contributed by atoms with Gasteiger partial charge < -0.3 is 5.32 Å². The van der Waals surface area contributed by atoms with Gasteiger partial charge in [-0.25, -0.2) is 0 Å². The minimum atomic E-state index is -0.275. The Morgan fingerprint density at radius 1 is 1.33 bits per heavy atom. The normalized spacial score (nSPS) is 9.56. The zero-order valence-corrected chi connectivity index (χ0v) is 9.71. The molecule has 1 heterocycles. The summed E-state index contributed by atoms with van der Waals surface area (Å²) in [6.45, 7) is 1.86. The van der Waals surface area contributed by atoms with Crippen molar-refractivity contribution in [3.63, 3.8) is 0 Å². The van der Waals surface area contributed by atoms with Crippen LogP contribution in [0.15, 0.2) is 36.7 Å². The first kappa shape index (κ1) is 11.7. The number of aromatic nitrogens is 2. The van der Waals surface area contributed by atoms with Crippen molar-refractivity contribution in [3.8, 4) is 6.07 Å². The number of hydrogen-bond acceptors (Lipinski definition) is 4. The minimum Gasteiger partial charge on any atom is -0.322 e. The first-order chi connectivity index (χ1) is 8.70. The molecule has 5 heteroatoms. The molecule has 1 aromatic heterocycles. The molecule has 88 valence electrons. The third-order valence-corrected chi connectivity index (χ3v) is 2.46. The van der Waals surface area contributed by atoms with Crippen LogP contribution in [0.1, 0.15) is 21.5 Å². The molecule has 1 N–H and O–H groups in total. The Morgan fingerprint density at radius 3 is 2.83 bits per heavy atom. The summed E-state index contributed by atoms with van der Waals surface area (Å²) in [7, 11) is 0. The van der Waals surface area contributed by atoms with Crippen molar-refractivity contribution in [2.75, 3.05) is 5.32 Å². The Hall–Kier alpha value is -2.74. The second-order valence-corrected chi connectivity index (χ2v) is 3.73. The molecule has 0 spiro atoms.